The molecule has 0 aliphatic rings. The van der Waals surface area contributed by atoms with Gasteiger partial charge in [0.05, 0.1) is 0 Å². The first-order chi connectivity index (χ1) is 7.99. The first kappa shape index (κ1) is 13.5. The van der Waals surface area contributed by atoms with E-state index in [1.165, 1.54) is 0 Å². The van der Waals surface area contributed by atoms with E-state index in [1.54, 1.807) is 0 Å². The molecule has 2 nitrogen and oxygen atoms in total. The minimum Gasteiger partial charge on any atom is -0.350 e. The van der Waals surface area contributed by atoms with Gasteiger partial charge in [0.25, 0.3) is 5.91 Å². The Kier molecular flexibility index (Phi) is 4.95. The van der Waals surface area contributed by atoms with Crippen molar-refractivity contribution in [3.8, 4) is 0 Å². The summed E-state index contributed by atoms with van der Waals surface area (Å²) >= 11 is 0. The van der Waals surface area contributed by atoms with Gasteiger partial charge in [-0.1, -0.05) is 38.1 Å². The lowest BCUT2D eigenvalue weighted by molar-refractivity contribution is 0.0943. The van der Waals surface area contributed by atoms with Crippen LogP contribution in [0.2, 0.25) is 0 Å². The molecule has 0 aliphatic heterocycles. The van der Waals surface area contributed by atoms with E-state index in [0.717, 1.165) is 5.56 Å². The fourth-order valence-corrected chi connectivity index (χ4v) is 1.39. The summed E-state index contributed by atoms with van der Waals surface area (Å²) < 4.78 is 0. The van der Waals surface area contributed by atoms with Crippen molar-refractivity contribution in [2.24, 2.45) is 5.92 Å². The molecule has 1 N–H and O–H groups in total. The van der Waals surface area contributed by atoms with E-state index < -0.39 is 0 Å². The molecule has 0 bridgehead atoms. The van der Waals surface area contributed by atoms with E-state index in [9.17, 15) is 4.79 Å². The SMILES string of the molecule is CC(C)/C=C/c1ccc(C(=O)NC(C)C)cc1. The van der Waals surface area contributed by atoms with E-state index in [2.05, 4.69) is 31.3 Å². The number of carbonyl (C=O) groups is 1. The lowest BCUT2D eigenvalue weighted by atomic mass is 10.1. The van der Waals surface area contributed by atoms with Crippen molar-refractivity contribution in [3.05, 3.63) is 41.5 Å². The number of hydrogen-bond acceptors (Lipinski definition) is 1. The first-order valence-corrected chi connectivity index (χ1v) is 6.08. The third kappa shape index (κ3) is 4.85. The maximum absolute atomic E-state index is 11.7. The molecule has 0 fully saturated rings. The molecule has 92 valence electrons. The normalized spacial score (nSPS) is 11.4. The van der Waals surface area contributed by atoms with E-state index in [-0.39, 0.29) is 11.9 Å². The van der Waals surface area contributed by atoms with Crippen LogP contribution < -0.4 is 5.32 Å². The second-order valence-electron chi connectivity index (χ2n) is 4.85. The smallest absolute Gasteiger partial charge is 0.251 e. The van der Waals surface area contributed by atoms with Gasteiger partial charge in [0.15, 0.2) is 0 Å². The average Bonchev–Trinajstić information content (AvgIpc) is 2.26. The highest BCUT2D eigenvalue weighted by molar-refractivity contribution is 5.94. The summed E-state index contributed by atoms with van der Waals surface area (Å²) in [4.78, 5) is 11.7. The minimum atomic E-state index is -0.0145. The van der Waals surface area contributed by atoms with Crippen molar-refractivity contribution in [1.82, 2.24) is 5.32 Å². The zero-order valence-corrected chi connectivity index (χ0v) is 11.0. The van der Waals surface area contributed by atoms with Gasteiger partial charge in [-0.05, 0) is 37.5 Å². The standard InChI is InChI=1S/C15H21NO/c1-11(2)5-6-13-7-9-14(10-8-13)15(17)16-12(3)4/h5-12H,1-4H3,(H,16,17)/b6-5+. The molecule has 0 saturated heterocycles. The quantitative estimate of drug-likeness (QED) is 0.844. The van der Waals surface area contributed by atoms with Crippen LogP contribution in [0, 0.1) is 5.92 Å². The summed E-state index contributed by atoms with van der Waals surface area (Å²) in [6.07, 6.45) is 4.22. The Morgan fingerprint density at radius 1 is 1.12 bits per heavy atom. The second-order valence-corrected chi connectivity index (χ2v) is 4.85. The average molecular weight is 231 g/mol. The van der Waals surface area contributed by atoms with Gasteiger partial charge in [0, 0.05) is 11.6 Å². The predicted octanol–water partition coefficient (Wildman–Crippen LogP) is 3.49. The monoisotopic (exact) mass is 231 g/mol. The van der Waals surface area contributed by atoms with Crippen molar-refractivity contribution >= 4 is 12.0 Å². The van der Waals surface area contributed by atoms with E-state index in [0.29, 0.717) is 11.5 Å². The lowest BCUT2D eigenvalue weighted by Gasteiger charge is -2.08. The zero-order chi connectivity index (χ0) is 12.8. The van der Waals surface area contributed by atoms with Crippen molar-refractivity contribution in [3.63, 3.8) is 0 Å². The Bertz CT molecular complexity index is 388. The fourth-order valence-electron chi connectivity index (χ4n) is 1.39. The molecular formula is C15H21NO. The number of rotatable bonds is 4. The van der Waals surface area contributed by atoms with Crippen LogP contribution in [0.4, 0.5) is 0 Å². The molecule has 0 unspecified atom stereocenters. The summed E-state index contributed by atoms with van der Waals surface area (Å²) in [5, 5.41) is 2.87. The van der Waals surface area contributed by atoms with Gasteiger partial charge >= 0.3 is 0 Å². The van der Waals surface area contributed by atoms with Crippen LogP contribution in [0.3, 0.4) is 0 Å². The Labute approximate surface area is 104 Å². The molecule has 0 heterocycles. The van der Waals surface area contributed by atoms with Crippen molar-refractivity contribution in [1.29, 1.82) is 0 Å². The third-order valence-electron chi connectivity index (χ3n) is 2.27. The zero-order valence-electron chi connectivity index (χ0n) is 11.0. The van der Waals surface area contributed by atoms with Crippen LogP contribution in [0.15, 0.2) is 30.3 Å². The van der Waals surface area contributed by atoms with E-state index >= 15 is 0 Å². The van der Waals surface area contributed by atoms with Gasteiger partial charge in [-0.15, -0.1) is 0 Å². The van der Waals surface area contributed by atoms with Gasteiger partial charge in [-0.25, -0.2) is 0 Å². The number of hydrogen-bond donors (Lipinski definition) is 1. The molecule has 1 rings (SSSR count). The van der Waals surface area contributed by atoms with Crippen LogP contribution in [-0.2, 0) is 0 Å². The lowest BCUT2D eigenvalue weighted by Crippen LogP contribution is -2.29. The molecule has 1 amide bonds. The molecule has 1 aromatic carbocycles. The number of amides is 1. The maximum Gasteiger partial charge on any atom is 0.251 e. The van der Waals surface area contributed by atoms with Crippen LogP contribution in [0.5, 0.6) is 0 Å². The van der Waals surface area contributed by atoms with E-state index in [1.807, 2.05) is 38.1 Å². The van der Waals surface area contributed by atoms with Crippen LogP contribution in [0.25, 0.3) is 6.08 Å². The molecule has 0 aromatic heterocycles. The first-order valence-electron chi connectivity index (χ1n) is 6.08. The Balaban J connectivity index is 2.71. The van der Waals surface area contributed by atoms with Crippen molar-refractivity contribution < 1.29 is 4.79 Å². The van der Waals surface area contributed by atoms with Crippen molar-refractivity contribution in [2.75, 3.05) is 0 Å². The highest BCUT2D eigenvalue weighted by Gasteiger charge is 2.05. The summed E-state index contributed by atoms with van der Waals surface area (Å²) in [5.41, 5.74) is 1.83. The fraction of sp³-hybridized carbons (Fsp3) is 0.400. The predicted molar refractivity (Wildman–Crippen MR) is 72.9 cm³/mol. The summed E-state index contributed by atoms with van der Waals surface area (Å²) in [5.74, 6) is 0.526. The Morgan fingerprint density at radius 2 is 1.71 bits per heavy atom. The van der Waals surface area contributed by atoms with E-state index in [4.69, 9.17) is 0 Å². The van der Waals surface area contributed by atoms with Gasteiger partial charge in [-0.2, -0.15) is 0 Å². The number of benzene rings is 1. The topological polar surface area (TPSA) is 29.1 Å². The molecule has 17 heavy (non-hydrogen) atoms. The van der Waals surface area contributed by atoms with Gasteiger partial charge < -0.3 is 5.32 Å². The number of allylic oxidation sites excluding steroid dienone is 1. The molecule has 0 saturated carbocycles. The van der Waals surface area contributed by atoms with Crippen molar-refractivity contribution in [2.45, 2.75) is 33.7 Å². The number of nitrogens with one attached hydrogen (secondary N) is 1. The van der Waals surface area contributed by atoms with Gasteiger partial charge in [-0.3, -0.25) is 4.79 Å². The molecule has 0 radical (unpaired) electrons. The Hall–Kier alpha value is -1.57. The summed E-state index contributed by atoms with van der Waals surface area (Å²) in [6.45, 7) is 8.19. The maximum atomic E-state index is 11.7. The summed E-state index contributed by atoms with van der Waals surface area (Å²) in [6, 6.07) is 7.82. The minimum absolute atomic E-state index is 0.0145. The summed E-state index contributed by atoms with van der Waals surface area (Å²) in [7, 11) is 0. The molecule has 2 heteroatoms. The molecular weight excluding hydrogens is 210 g/mol. The Morgan fingerprint density at radius 3 is 2.18 bits per heavy atom. The highest BCUT2D eigenvalue weighted by atomic mass is 16.1. The molecule has 1 aromatic rings. The van der Waals surface area contributed by atoms with Crippen LogP contribution in [0.1, 0.15) is 43.6 Å². The molecule has 0 atom stereocenters. The van der Waals surface area contributed by atoms with Crippen LogP contribution in [-0.4, -0.2) is 11.9 Å². The van der Waals surface area contributed by atoms with Gasteiger partial charge in [0.1, 0.15) is 0 Å². The largest absolute Gasteiger partial charge is 0.350 e. The highest BCUT2D eigenvalue weighted by Crippen LogP contribution is 2.08. The molecule has 0 aliphatic carbocycles. The molecule has 0 spiro atoms. The van der Waals surface area contributed by atoms with Crippen LogP contribution >= 0.6 is 0 Å². The number of carbonyl (C=O) groups excluding carboxylic acids is 1. The third-order valence-corrected chi connectivity index (χ3v) is 2.27. The second kappa shape index (κ2) is 6.24. The van der Waals surface area contributed by atoms with Gasteiger partial charge in [0.2, 0.25) is 0 Å².